The quantitative estimate of drug-likeness (QED) is 0.308. The Balaban J connectivity index is -0.0000000244. The minimum absolute atomic E-state index is 0. The van der Waals surface area contributed by atoms with Gasteiger partial charge in [-0.25, -0.2) is 12.2 Å². The van der Waals surface area contributed by atoms with Gasteiger partial charge >= 0.3 is 28.7 Å². The fourth-order valence-corrected chi connectivity index (χ4v) is 0.340. The van der Waals surface area contributed by atoms with E-state index in [0.717, 1.165) is 15.9 Å². The predicted molar refractivity (Wildman–Crippen MR) is 46.3 cm³/mol. The zero-order chi connectivity index (χ0) is 8.24. The maximum atomic E-state index is 4.64. The Labute approximate surface area is 118 Å². The average Bonchev–Trinajstić information content (AvgIpc) is 2.48. The molecular weight excluding hydrogens is 302 g/mol. The summed E-state index contributed by atoms with van der Waals surface area (Å²) < 4.78 is 0. The van der Waals surface area contributed by atoms with Crippen molar-refractivity contribution in [2.45, 2.75) is 19.5 Å². The maximum absolute atomic E-state index is 4.64. The Morgan fingerprint density at radius 3 is 1.69 bits per heavy atom. The first-order valence-electron chi connectivity index (χ1n) is 3.06. The zero-order valence-electron chi connectivity index (χ0n) is 7.53. The SMILES string of the molecule is C[SiH]C.[C-]1=CC=CC1.[Cl-].[Cl-].[Cl-].[Cl][Ti+3]. The Morgan fingerprint density at radius 2 is 1.62 bits per heavy atom. The molecule has 0 unspecified atom stereocenters. The molecule has 0 atom stereocenters. The molecule has 1 aliphatic rings. The standard InChI is InChI=1S/C5H5.C2H7Si.4ClH.Ti/c1-2-4-5-3-1;1-3-2;;;;;/h1-3H,4H2;3H,1-2H3;4*1H;/q-1;;;;;;+4/p-4. The molecule has 1 radical (unpaired) electrons. The third-order valence-electron chi connectivity index (χ3n) is 0.586. The van der Waals surface area contributed by atoms with E-state index >= 15 is 0 Å². The molecule has 0 fully saturated rings. The van der Waals surface area contributed by atoms with Crippen LogP contribution in [0.2, 0.25) is 13.1 Å². The van der Waals surface area contributed by atoms with E-state index in [9.17, 15) is 0 Å². The van der Waals surface area contributed by atoms with E-state index in [2.05, 4.69) is 34.6 Å². The summed E-state index contributed by atoms with van der Waals surface area (Å²) in [6.07, 6.45) is 10.0. The summed E-state index contributed by atoms with van der Waals surface area (Å²) in [7, 11) is 5.39. The molecule has 0 aromatic rings. The molecule has 0 spiro atoms. The Morgan fingerprint density at radius 1 is 1.23 bits per heavy atom. The van der Waals surface area contributed by atoms with Gasteiger partial charge in [-0.1, -0.05) is 13.1 Å². The van der Waals surface area contributed by atoms with Crippen LogP contribution in [0.25, 0.3) is 0 Å². The molecule has 77 valence electrons. The van der Waals surface area contributed by atoms with Crippen molar-refractivity contribution in [1.29, 1.82) is 0 Å². The second kappa shape index (κ2) is 37.4. The molecule has 1 rings (SSSR count). The van der Waals surface area contributed by atoms with Crippen LogP contribution >= 0.6 is 9.30 Å². The number of hydrogen-bond donors (Lipinski definition) is 0. The summed E-state index contributed by atoms with van der Waals surface area (Å²) in [5.74, 6) is 0. The van der Waals surface area contributed by atoms with Gasteiger partial charge in [0.15, 0.2) is 0 Å². The van der Waals surface area contributed by atoms with Crippen LogP contribution in [0.3, 0.4) is 0 Å². The van der Waals surface area contributed by atoms with Crippen molar-refractivity contribution in [3.63, 3.8) is 0 Å². The first-order valence-corrected chi connectivity index (χ1v) is 7.52. The van der Waals surface area contributed by atoms with Crippen molar-refractivity contribution in [3.05, 3.63) is 24.3 Å². The van der Waals surface area contributed by atoms with E-state index in [0.29, 0.717) is 0 Å². The fourth-order valence-electron chi connectivity index (χ4n) is 0.340. The van der Waals surface area contributed by atoms with E-state index in [1.807, 2.05) is 12.2 Å². The normalized spacial score (nSPS) is 8.69. The van der Waals surface area contributed by atoms with Crippen molar-refractivity contribution in [2.75, 3.05) is 0 Å². The van der Waals surface area contributed by atoms with E-state index in [1.165, 1.54) is 19.4 Å². The van der Waals surface area contributed by atoms with Gasteiger partial charge in [-0.15, -0.1) is 6.42 Å². The molecule has 13 heavy (non-hydrogen) atoms. The van der Waals surface area contributed by atoms with E-state index in [4.69, 9.17) is 0 Å². The second-order valence-corrected chi connectivity index (χ2v) is 2.74. The van der Waals surface area contributed by atoms with Crippen LogP contribution in [0.1, 0.15) is 6.42 Å². The molecule has 0 N–H and O–H groups in total. The number of allylic oxidation sites excluding steroid dienone is 4. The van der Waals surface area contributed by atoms with Crippen LogP contribution in [0.5, 0.6) is 0 Å². The number of halogens is 4. The summed E-state index contributed by atoms with van der Waals surface area (Å²) in [5, 5.41) is 0. The molecule has 0 nitrogen and oxygen atoms in total. The summed E-state index contributed by atoms with van der Waals surface area (Å²) in [6, 6.07) is 0. The molecule has 0 saturated carbocycles. The molecule has 0 amide bonds. The van der Waals surface area contributed by atoms with E-state index in [-0.39, 0.29) is 37.2 Å². The fraction of sp³-hybridized carbons (Fsp3) is 0.429. The molecule has 0 saturated heterocycles. The summed E-state index contributed by atoms with van der Waals surface area (Å²) in [4.78, 5) is 0. The molecule has 6 heteroatoms. The van der Waals surface area contributed by atoms with Crippen molar-refractivity contribution in [2.24, 2.45) is 0 Å². The van der Waals surface area contributed by atoms with Gasteiger partial charge in [0.25, 0.3) is 0 Å². The van der Waals surface area contributed by atoms with Gasteiger partial charge in [-0.3, -0.25) is 6.08 Å². The van der Waals surface area contributed by atoms with Crippen LogP contribution in [-0.2, 0) is 19.4 Å². The van der Waals surface area contributed by atoms with Crippen LogP contribution < -0.4 is 37.2 Å². The minimum atomic E-state index is 0. The van der Waals surface area contributed by atoms with Crippen LogP contribution in [0.15, 0.2) is 18.2 Å². The molecule has 0 aromatic heterocycles. The molecule has 0 aliphatic heterocycles. The Kier molecular flexibility index (Phi) is 84.3. The molecular formula is C7H12Cl4SiTi-. The van der Waals surface area contributed by atoms with Crippen LogP contribution in [-0.4, -0.2) is 9.52 Å². The Bertz CT molecular complexity index is 88.5. The van der Waals surface area contributed by atoms with Crippen molar-refractivity contribution < 1.29 is 56.6 Å². The van der Waals surface area contributed by atoms with Crippen molar-refractivity contribution >= 4 is 18.8 Å². The van der Waals surface area contributed by atoms with Crippen molar-refractivity contribution in [3.8, 4) is 0 Å². The van der Waals surface area contributed by atoms with Crippen LogP contribution in [0.4, 0.5) is 0 Å². The molecule has 0 bridgehead atoms. The topological polar surface area (TPSA) is 0 Å². The first-order chi connectivity index (χ1) is 4.91. The average molecular weight is 314 g/mol. The summed E-state index contributed by atoms with van der Waals surface area (Å²) >= 11 is 1.47. The molecule has 0 heterocycles. The van der Waals surface area contributed by atoms with Gasteiger partial charge in [0.2, 0.25) is 0 Å². The van der Waals surface area contributed by atoms with Gasteiger partial charge in [-0.05, 0) is 0 Å². The number of hydrogen-bond acceptors (Lipinski definition) is 0. The summed E-state index contributed by atoms with van der Waals surface area (Å²) in [6.45, 7) is 4.42. The monoisotopic (exact) mass is 312 g/mol. The molecule has 1 aliphatic carbocycles. The molecule has 0 aromatic carbocycles. The Hall–Kier alpha value is 1.57. The van der Waals surface area contributed by atoms with Crippen molar-refractivity contribution in [1.82, 2.24) is 0 Å². The van der Waals surface area contributed by atoms with E-state index in [1.54, 1.807) is 0 Å². The van der Waals surface area contributed by atoms with Gasteiger partial charge < -0.3 is 37.2 Å². The summed E-state index contributed by atoms with van der Waals surface area (Å²) in [5.41, 5.74) is 0. The van der Waals surface area contributed by atoms with Gasteiger partial charge in [0, 0.05) is 9.52 Å². The zero-order valence-corrected chi connectivity index (χ0v) is 13.3. The van der Waals surface area contributed by atoms with Gasteiger partial charge in [-0.2, -0.15) is 6.08 Å². The predicted octanol–water partition coefficient (Wildman–Crippen LogP) is -6.48. The van der Waals surface area contributed by atoms with Gasteiger partial charge in [0.1, 0.15) is 0 Å². The van der Waals surface area contributed by atoms with Gasteiger partial charge in [0.05, 0.1) is 0 Å². The van der Waals surface area contributed by atoms with E-state index < -0.39 is 0 Å². The second-order valence-electron chi connectivity index (χ2n) is 1.58. The third kappa shape index (κ3) is 42.1. The van der Waals surface area contributed by atoms with Crippen LogP contribution in [0, 0.1) is 6.08 Å². The third-order valence-corrected chi connectivity index (χ3v) is 0.586. The number of rotatable bonds is 0. The first kappa shape index (κ1) is 29.3.